The molecular formula is C20H19N3O3. The van der Waals surface area contributed by atoms with Crippen LogP contribution < -0.4 is 15.6 Å². The van der Waals surface area contributed by atoms with Gasteiger partial charge < -0.3 is 4.74 Å². The van der Waals surface area contributed by atoms with Crippen LogP contribution in [0.15, 0.2) is 54.6 Å². The molecule has 2 N–H and O–H groups in total. The highest BCUT2D eigenvalue weighted by atomic mass is 16.5. The van der Waals surface area contributed by atoms with E-state index in [2.05, 4.69) is 15.8 Å². The molecule has 0 atom stereocenters. The lowest BCUT2D eigenvalue weighted by atomic mass is 10.1. The van der Waals surface area contributed by atoms with Crippen molar-refractivity contribution in [1.29, 1.82) is 0 Å². The van der Waals surface area contributed by atoms with Gasteiger partial charge in [-0.05, 0) is 37.6 Å². The number of pyridine rings is 1. The van der Waals surface area contributed by atoms with Crippen molar-refractivity contribution >= 4 is 22.7 Å². The Kier molecular flexibility index (Phi) is 5.12. The fraction of sp³-hybridized carbons (Fsp3) is 0.150. The molecule has 0 aliphatic rings. The molecule has 132 valence electrons. The van der Waals surface area contributed by atoms with Gasteiger partial charge >= 0.3 is 0 Å². The molecule has 3 rings (SSSR count). The lowest BCUT2D eigenvalue weighted by molar-refractivity contribution is -0.123. The number of nitrogens with zero attached hydrogens (tertiary/aromatic N) is 1. The van der Waals surface area contributed by atoms with Crippen LogP contribution in [0, 0.1) is 13.8 Å². The lowest BCUT2D eigenvalue weighted by Crippen LogP contribution is -2.44. The van der Waals surface area contributed by atoms with Gasteiger partial charge in [-0.3, -0.25) is 25.4 Å². The van der Waals surface area contributed by atoms with Gasteiger partial charge in [0.25, 0.3) is 11.8 Å². The minimum absolute atomic E-state index is 0.193. The number of carbonyl (C=O) groups excluding carboxylic acids is 2. The average molecular weight is 349 g/mol. The molecule has 6 nitrogen and oxygen atoms in total. The van der Waals surface area contributed by atoms with Gasteiger partial charge in [-0.15, -0.1) is 0 Å². The topological polar surface area (TPSA) is 80.3 Å². The van der Waals surface area contributed by atoms with Crippen molar-refractivity contribution in [2.45, 2.75) is 13.8 Å². The molecule has 0 saturated heterocycles. The number of carbonyl (C=O) groups is 2. The van der Waals surface area contributed by atoms with Crippen molar-refractivity contribution in [3.8, 4) is 5.75 Å². The minimum atomic E-state index is -0.448. The number of hydrogen-bond acceptors (Lipinski definition) is 4. The van der Waals surface area contributed by atoms with E-state index in [0.717, 1.165) is 22.2 Å². The monoisotopic (exact) mass is 349 g/mol. The Morgan fingerprint density at radius 3 is 2.54 bits per heavy atom. The number of hydrazine groups is 1. The van der Waals surface area contributed by atoms with Crippen molar-refractivity contribution in [2.24, 2.45) is 0 Å². The molecule has 2 amide bonds. The summed E-state index contributed by atoms with van der Waals surface area (Å²) in [5.41, 5.74) is 7.63. The van der Waals surface area contributed by atoms with Crippen molar-refractivity contribution < 1.29 is 14.3 Å². The molecule has 6 heteroatoms. The largest absolute Gasteiger partial charge is 0.483 e. The summed E-state index contributed by atoms with van der Waals surface area (Å²) in [4.78, 5) is 28.8. The third-order valence-electron chi connectivity index (χ3n) is 3.86. The first-order valence-electron chi connectivity index (χ1n) is 8.18. The van der Waals surface area contributed by atoms with Crippen LogP contribution >= 0.6 is 0 Å². The van der Waals surface area contributed by atoms with Crippen LogP contribution in [0.5, 0.6) is 5.75 Å². The quantitative estimate of drug-likeness (QED) is 0.710. The van der Waals surface area contributed by atoms with Crippen molar-refractivity contribution in [3.63, 3.8) is 0 Å². The minimum Gasteiger partial charge on any atom is -0.483 e. The van der Waals surface area contributed by atoms with Gasteiger partial charge in [-0.2, -0.15) is 0 Å². The average Bonchev–Trinajstić information content (AvgIpc) is 2.64. The molecule has 3 aromatic rings. The Bertz CT molecular complexity index is 969. The van der Waals surface area contributed by atoms with E-state index in [1.54, 1.807) is 12.1 Å². The number of hydrogen-bond donors (Lipinski definition) is 2. The third kappa shape index (κ3) is 3.97. The number of ether oxygens (including phenoxy) is 1. The number of amides is 2. The van der Waals surface area contributed by atoms with Gasteiger partial charge in [0.15, 0.2) is 6.61 Å². The Hall–Kier alpha value is -3.41. The molecule has 0 spiro atoms. The molecule has 1 heterocycles. The van der Waals surface area contributed by atoms with E-state index in [0.29, 0.717) is 11.3 Å². The van der Waals surface area contributed by atoms with Crippen molar-refractivity contribution in [3.05, 3.63) is 71.4 Å². The van der Waals surface area contributed by atoms with E-state index >= 15 is 0 Å². The molecule has 0 aliphatic heterocycles. The van der Waals surface area contributed by atoms with Crippen LogP contribution in [0.4, 0.5) is 0 Å². The summed E-state index contributed by atoms with van der Waals surface area (Å²) in [6, 6.07) is 16.5. The van der Waals surface area contributed by atoms with Crippen molar-refractivity contribution in [1.82, 2.24) is 15.8 Å². The van der Waals surface area contributed by atoms with Gasteiger partial charge in [-0.1, -0.05) is 36.4 Å². The summed E-state index contributed by atoms with van der Waals surface area (Å²) in [6.45, 7) is 3.52. The van der Waals surface area contributed by atoms with E-state index in [1.165, 1.54) is 0 Å². The van der Waals surface area contributed by atoms with E-state index in [4.69, 9.17) is 4.74 Å². The Balaban J connectivity index is 1.62. The molecule has 0 radical (unpaired) electrons. The van der Waals surface area contributed by atoms with Gasteiger partial charge in [0, 0.05) is 11.1 Å². The summed E-state index contributed by atoms with van der Waals surface area (Å²) in [6.07, 6.45) is 0. The molecule has 0 saturated carbocycles. The normalized spacial score (nSPS) is 10.4. The highest BCUT2D eigenvalue weighted by Gasteiger charge is 2.13. The van der Waals surface area contributed by atoms with Crippen LogP contribution in [0.2, 0.25) is 0 Å². The number of rotatable bonds is 4. The molecular weight excluding hydrogens is 330 g/mol. The maximum absolute atomic E-state index is 12.4. The predicted molar refractivity (Wildman–Crippen MR) is 98.8 cm³/mol. The number of fused-ring (bicyclic) bond motifs is 1. The summed E-state index contributed by atoms with van der Waals surface area (Å²) >= 11 is 0. The summed E-state index contributed by atoms with van der Waals surface area (Å²) in [5, 5.41) is 0.723. The zero-order valence-corrected chi connectivity index (χ0v) is 14.6. The Morgan fingerprint density at radius 2 is 1.73 bits per heavy atom. The second kappa shape index (κ2) is 7.65. The number of para-hydroxylation sites is 2. The smallest absolute Gasteiger partial charge is 0.276 e. The van der Waals surface area contributed by atoms with Gasteiger partial charge in [-0.25, -0.2) is 0 Å². The summed E-state index contributed by atoms with van der Waals surface area (Å²) in [7, 11) is 0. The van der Waals surface area contributed by atoms with E-state index in [1.807, 2.05) is 56.3 Å². The number of aryl methyl sites for hydroxylation is 2. The second-order valence-electron chi connectivity index (χ2n) is 5.88. The Labute approximate surface area is 151 Å². The van der Waals surface area contributed by atoms with Gasteiger partial charge in [0.05, 0.1) is 11.1 Å². The first-order valence-corrected chi connectivity index (χ1v) is 8.18. The van der Waals surface area contributed by atoms with Crippen LogP contribution in [0.25, 0.3) is 10.9 Å². The first kappa shape index (κ1) is 17.4. The standard InChI is InChI=1S/C20H19N3O3/c1-13-7-3-6-10-18(13)26-12-19(24)22-23-20(25)16-11-14(2)21-17-9-5-4-8-15(16)17/h3-11H,12H2,1-2H3,(H,22,24)(H,23,25). The fourth-order valence-corrected chi connectivity index (χ4v) is 2.59. The van der Waals surface area contributed by atoms with Crippen LogP contribution in [-0.2, 0) is 4.79 Å². The van der Waals surface area contributed by atoms with Crippen LogP contribution in [0.1, 0.15) is 21.6 Å². The van der Waals surface area contributed by atoms with Crippen LogP contribution in [0.3, 0.4) is 0 Å². The number of benzene rings is 2. The Morgan fingerprint density at radius 1 is 1.00 bits per heavy atom. The zero-order chi connectivity index (χ0) is 18.5. The highest BCUT2D eigenvalue weighted by Crippen LogP contribution is 2.18. The SMILES string of the molecule is Cc1cc(C(=O)NNC(=O)COc2ccccc2C)c2ccccc2n1. The predicted octanol–water partition coefficient (Wildman–Crippen LogP) is 2.69. The maximum Gasteiger partial charge on any atom is 0.276 e. The number of aromatic nitrogens is 1. The lowest BCUT2D eigenvalue weighted by Gasteiger charge is -2.11. The molecule has 1 aromatic heterocycles. The summed E-state index contributed by atoms with van der Waals surface area (Å²) < 4.78 is 5.45. The summed E-state index contributed by atoms with van der Waals surface area (Å²) in [5.74, 6) is -0.225. The molecule has 0 aliphatic carbocycles. The maximum atomic E-state index is 12.4. The third-order valence-corrected chi connectivity index (χ3v) is 3.86. The molecule has 26 heavy (non-hydrogen) atoms. The van der Waals surface area contributed by atoms with E-state index in [-0.39, 0.29) is 6.61 Å². The number of nitrogens with one attached hydrogen (secondary N) is 2. The molecule has 0 bridgehead atoms. The second-order valence-corrected chi connectivity index (χ2v) is 5.88. The molecule has 2 aromatic carbocycles. The highest BCUT2D eigenvalue weighted by molar-refractivity contribution is 6.06. The van der Waals surface area contributed by atoms with Gasteiger partial charge in [0.1, 0.15) is 5.75 Å². The zero-order valence-electron chi connectivity index (χ0n) is 14.6. The van der Waals surface area contributed by atoms with Crippen LogP contribution in [-0.4, -0.2) is 23.4 Å². The first-order chi connectivity index (χ1) is 12.5. The van der Waals surface area contributed by atoms with Gasteiger partial charge in [0.2, 0.25) is 0 Å². The molecule has 0 fully saturated rings. The fourth-order valence-electron chi connectivity index (χ4n) is 2.59. The van der Waals surface area contributed by atoms with E-state index < -0.39 is 11.8 Å². The van der Waals surface area contributed by atoms with E-state index in [9.17, 15) is 9.59 Å². The van der Waals surface area contributed by atoms with Crippen molar-refractivity contribution in [2.75, 3.05) is 6.61 Å². The molecule has 0 unspecified atom stereocenters.